The topological polar surface area (TPSA) is 12.4 Å². The molecule has 0 saturated heterocycles. The van der Waals surface area contributed by atoms with Crippen molar-refractivity contribution in [2.45, 2.75) is 19.6 Å². The molecule has 0 aliphatic heterocycles. The highest BCUT2D eigenvalue weighted by Gasteiger charge is 2.13. The maximum atomic E-state index is 5.03. The van der Waals surface area contributed by atoms with Crippen molar-refractivity contribution < 1.29 is 0 Å². The molecule has 0 spiro atoms. The first-order valence-electron chi connectivity index (χ1n) is 9.50. The molecule has 144 valence electrons. The van der Waals surface area contributed by atoms with E-state index in [-0.39, 0.29) is 10.5 Å². The molecule has 4 aromatic rings. The van der Waals surface area contributed by atoms with Gasteiger partial charge >= 0.3 is 0 Å². The van der Waals surface area contributed by atoms with E-state index in [2.05, 4.69) is 126 Å². The Hall–Kier alpha value is -2.84. The van der Waals surface area contributed by atoms with Crippen molar-refractivity contribution in [3.05, 3.63) is 121 Å². The van der Waals surface area contributed by atoms with Crippen LogP contribution in [0.3, 0.4) is 0 Å². The smallest absolute Gasteiger partial charge is 0.0355 e. The summed E-state index contributed by atoms with van der Waals surface area (Å²) >= 11 is 0. The normalized spacial score (nSPS) is 11.1. The first kappa shape index (κ1) is 19.5. The Bertz CT molecular complexity index is 1150. The van der Waals surface area contributed by atoms with Crippen LogP contribution in [-0.2, 0) is 9.41 Å². The minimum atomic E-state index is -1.80. The van der Waals surface area contributed by atoms with Crippen molar-refractivity contribution >= 4 is 24.2 Å². The van der Waals surface area contributed by atoms with Gasteiger partial charge in [0.2, 0.25) is 0 Å². The lowest BCUT2D eigenvalue weighted by molar-refractivity contribution is 1.35. The molecule has 4 rings (SSSR count). The van der Waals surface area contributed by atoms with Crippen LogP contribution in [0.1, 0.15) is 0 Å². The van der Waals surface area contributed by atoms with Crippen LogP contribution in [0.4, 0.5) is 0 Å². The van der Waals surface area contributed by atoms with Crippen molar-refractivity contribution in [1.82, 2.24) is 0 Å². The van der Waals surface area contributed by atoms with E-state index in [1.165, 1.54) is 19.6 Å². The lowest BCUT2D eigenvalue weighted by Gasteiger charge is -2.17. The molecule has 0 unspecified atom stereocenters. The molecule has 1 nitrogen and oxygen atoms in total. The van der Waals surface area contributed by atoms with Crippen molar-refractivity contribution in [3.8, 4) is 0 Å². The second-order valence-corrected chi connectivity index (χ2v) is 11.1. The molecule has 0 aliphatic rings. The fourth-order valence-corrected chi connectivity index (χ4v) is 8.91. The van der Waals surface area contributed by atoms with Gasteiger partial charge in [-0.05, 0) is 62.3 Å². The van der Waals surface area contributed by atoms with Gasteiger partial charge in [-0.15, -0.1) is 0 Å². The van der Waals surface area contributed by atoms with Gasteiger partial charge in [0.25, 0.3) is 0 Å². The maximum Gasteiger partial charge on any atom is 0.0355 e. The summed E-state index contributed by atoms with van der Waals surface area (Å²) in [5.74, 6) is 0. The highest BCUT2D eigenvalue weighted by atomic mass is 32.2. The van der Waals surface area contributed by atoms with E-state index in [1.807, 2.05) is 7.05 Å². The molecule has 0 aromatic heterocycles. The quantitative estimate of drug-likeness (QED) is 0.317. The summed E-state index contributed by atoms with van der Waals surface area (Å²) < 4.78 is 9.06. The summed E-state index contributed by atoms with van der Waals surface area (Å²) in [6.45, 7) is 0. The average Bonchev–Trinajstić information content (AvgIpc) is 2.82. The van der Waals surface area contributed by atoms with Gasteiger partial charge in [-0.3, -0.25) is 4.36 Å². The molecule has 0 heterocycles. The zero-order chi connectivity index (χ0) is 19.9. The van der Waals surface area contributed by atoms with Gasteiger partial charge in [0.05, 0.1) is 0 Å². The number of rotatable bonds is 4. The van der Waals surface area contributed by atoms with Crippen LogP contribution in [0.15, 0.2) is 145 Å². The Morgan fingerprint density at radius 1 is 0.552 bits per heavy atom. The van der Waals surface area contributed by atoms with Crippen LogP contribution in [0.2, 0.25) is 0 Å². The minimum Gasteiger partial charge on any atom is -0.258 e. The monoisotopic (exact) mass is 413 g/mol. The van der Waals surface area contributed by atoms with E-state index >= 15 is 0 Å². The van der Waals surface area contributed by atoms with E-state index in [9.17, 15) is 0 Å². The molecule has 0 radical (unpaired) electrons. The molecule has 0 N–H and O–H groups in total. The number of hydrogen-bond donors (Lipinski definition) is 0. The van der Waals surface area contributed by atoms with Crippen molar-refractivity contribution in [2.24, 2.45) is 4.36 Å². The van der Waals surface area contributed by atoms with E-state index in [1.54, 1.807) is 0 Å². The zero-order valence-electron chi connectivity index (χ0n) is 16.3. The molecule has 29 heavy (non-hydrogen) atoms. The minimum absolute atomic E-state index is 0.328. The first-order chi connectivity index (χ1) is 14.3. The number of hydrogen-bond acceptors (Lipinski definition) is 1. The first-order valence-corrected chi connectivity index (χ1v) is 12.3. The molecular weight excluding hydrogens is 390 g/mol. The predicted octanol–water partition coefficient (Wildman–Crippen LogP) is 7.10. The lowest BCUT2D eigenvalue weighted by atomic mass is 10.4. The SMILES string of the molecule is CN=S(=C=S(c1ccccc1)c1ccccc1)(c1ccccc1)c1ccccc1. The van der Waals surface area contributed by atoms with Gasteiger partial charge in [0.15, 0.2) is 0 Å². The molecule has 4 aromatic carbocycles. The Labute approximate surface area is 176 Å². The standard InChI is InChI=1S/C26H23NS2/c1-27-29(25-18-10-4-11-19-25,26-20-12-5-13-21-26)22-28(23-14-6-2-7-15-23)24-16-8-3-9-17-24/h2-21H,1H3. The van der Waals surface area contributed by atoms with E-state index in [0.29, 0.717) is 0 Å². The largest absolute Gasteiger partial charge is 0.258 e. The molecule has 0 amide bonds. The third-order valence-electron chi connectivity index (χ3n) is 4.60. The van der Waals surface area contributed by atoms with Gasteiger partial charge in [0.1, 0.15) is 0 Å². The highest BCUT2D eigenvalue weighted by molar-refractivity contribution is 8.23. The summed E-state index contributed by atoms with van der Waals surface area (Å²) in [5, 5.41) is 0. The Morgan fingerprint density at radius 2 is 0.897 bits per heavy atom. The second kappa shape index (κ2) is 9.11. The van der Waals surface area contributed by atoms with Crippen LogP contribution in [0, 0.1) is 0 Å². The highest BCUT2D eigenvalue weighted by Crippen LogP contribution is 2.36. The molecule has 0 atom stereocenters. The summed E-state index contributed by atoms with van der Waals surface area (Å²) in [7, 11) is -0.198. The maximum absolute atomic E-state index is 5.03. The third-order valence-corrected chi connectivity index (χ3v) is 10.2. The lowest BCUT2D eigenvalue weighted by Crippen LogP contribution is -2.03. The fourth-order valence-electron chi connectivity index (χ4n) is 3.18. The molecule has 0 fully saturated rings. The number of benzene rings is 4. The van der Waals surface area contributed by atoms with Crippen LogP contribution < -0.4 is 0 Å². The molecule has 0 aliphatic carbocycles. The second-order valence-electron chi connectivity index (χ2n) is 6.40. The summed E-state index contributed by atoms with van der Waals surface area (Å²) in [4.78, 5) is 4.92. The van der Waals surface area contributed by atoms with E-state index in [4.69, 9.17) is 4.36 Å². The Morgan fingerprint density at radius 3 is 1.24 bits per heavy atom. The molecule has 0 saturated carbocycles. The summed E-state index contributed by atoms with van der Waals surface area (Å²) in [6, 6.07) is 42.5. The van der Waals surface area contributed by atoms with Crippen molar-refractivity contribution in [2.75, 3.05) is 7.05 Å². The number of nitrogens with zero attached hydrogens (tertiary/aromatic N) is 1. The van der Waals surface area contributed by atoms with E-state index < -0.39 is 9.41 Å². The van der Waals surface area contributed by atoms with Crippen LogP contribution in [0.25, 0.3) is 0 Å². The summed E-state index contributed by atoms with van der Waals surface area (Å²) in [6.07, 6.45) is 0. The van der Waals surface area contributed by atoms with Crippen LogP contribution >= 0.6 is 10.5 Å². The molecular formula is C26H23NS2. The third kappa shape index (κ3) is 4.13. The average molecular weight is 414 g/mol. The van der Waals surface area contributed by atoms with Gasteiger partial charge in [-0.2, -0.15) is 0 Å². The van der Waals surface area contributed by atoms with Gasteiger partial charge in [-0.1, -0.05) is 83.3 Å². The van der Waals surface area contributed by atoms with E-state index in [0.717, 1.165) is 0 Å². The fraction of sp³-hybridized carbons (Fsp3) is 0.0385. The van der Waals surface area contributed by atoms with Crippen molar-refractivity contribution in [1.29, 1.82) is 0 Å². The Kier molecular flexibility index (Phi) is 6.12. The molecule has 3 heteroatoms. The van der Waals surface area contributed by atoms with Crippen LogP contribution in [-0.4, -0.2) is 11.4 Å². The van der Waals surface area contributed by atoms with Crippen molar-refractivity contribution in [3.63, 3.8) is 0 Å². The molecule has 0 bridgehead atoms. The Balaban J connectivity index is 2.21. The van der Waals surface area contributed by atoms with Gasteiger partial charge in [0, 0.05) is 26.6 Å². The predicted molar refractivity (Wildman–Crippen MR) is 127 cm³/mol. The summed E-state index contributed by atoms with van der Waals surface area (Å²) in [5.41, 5.74) is 0. The zero-order valence-corrected chi connectivity index (χ0v) is 17.9. The van der Waals surface area contributed by atoms with Gasteiger partial charge < -0.3 is 0 Å². The van der Waals surface area contributed by atoms with Crippen LogP contribution in [0.5, 0.6) is 0 Å². The van der Waals surface area contributed by atoms with Gasteiger partial charge in [-0.25, -0.2) is 0 Å².